The maximum absolute atomic E-state index is 12.7. The van der Waals surface area contributed by atoms with Gasteiger partial charge in [-0.25, -0.2) is 13.2 Å². The van der Waals surface area contributed by atoms with E-state index in [2.05, 4.69) is 5.32 Å². The van der Waals surface area contributed by atoms with E-state index in [4.69, 9.17) is 0 Å². The van der Waals surface area contributed by atoms with Gasteiger partial charge in [-0.15, -0.1) is 0 Å². The number of nitrogens with one attached hydrogen (secondary N) is 1. The van der Waals surface area contributed by atoms with Gasteiger partial charge in [0, 0.05) is 13.1 Å². The Bertz CT molecular complexity index is 714. The van der Waals surface area contributed by atoms with Gasteiger partial charge in [0.05, 0.1) is 17.5 Å². The first-order chi connectivity index (χ1) is 10.9. The fraction of sp³-hybridized carbons (Fsp3) is 0.467. The summed E-state index contributed by atoms with van der Waals surface area (Å²) in [6.45, 7) is 2.45. The summed E-state index contributed by atoms with van der Waals surface area (Å²) >= 11 is 0. The van der Waals surface area contributed by atoms with E-state index in [1.807, 2.05) is 6.92 Å². The van der Waals surface area contributed by atoms with Gasteiger partial charge >= 0.3 is 6.03 Å². The van der Waals surface area contributed by atoms with E-state index in [0.29, 0.717) is 13.0 Å². The van der Waals surface area contributed by atoms with Crippen molar-refractivity contribution in [1.29, 1.82) is 0 Å². The van der Waals surface area contributed by atoms with Crippen LogP contribution in [0.4, 0.5) is 4.79 Å². The lowest BCUT2D eigenvalue weighted by Gasteiger charge is -2.21. The van der Waals surface area contributed by atoms with Crippen LogP contribution in [-0.4, -0.2) is 55.2 Å². The van der Waals surface area contributed by atoms with Gasteiger partial charge in [-0.05, 0) is 30.5 Å². The minimum Gasteiger partial charge on any atom is -0.329 e. The number of imide groups is 1. The van der Waals surface area contributed by atoms with E-state index < -0.39 is 22.1 Å². The summed E-state index contributed by atoms with van der Waals surface area (Å²) in [6, 6.07) is 5.99. The molecule has 1 unspecified atom stereocenters. The SMILES string of the molecule is CCc1ccc(S(=O)(=O)N2CCC(N3C(=O)CNC3=O)C2)cc1. The third-order valence-electron chi connectivity index (χ3n) is 4.34. The Labute approximate surface area is 135 Å². The number of carbonyl (C=O) groups is 2. The van der Waals surface area contributed by atoms with Crippen molar-refractivity contribution >= 4 is 22.0 Å². The molecule has 1 atom stereocenters. The van der Waals surface area contributed by atoms with Crippen LogP contribution in [0.15, 0.2) is 29.2 Å². The number of hydrogen-bond donors (Lipinski definition) is 1. The maximum Gasteiger partial charge on any atom is 0.324 e. The summed E-state index contributed by atoms with van der Waals surface area (Å²) in [4.78, 5) is 24.8. The molecule has 0 bridgehead atoms. The predicted molar refractivity (Wildman–Crippen MR) is 83.2 cm³/mol. The van der Waals surface area contributed by atoms with Gasteiger partial charge < -0.3 is 5.32 Å². The monoisotopic (exact) mass is 337 g/mol. The quantitative estimate of drug-likeness (QED) is 0.814. The van der Waals surface area contributed by atoms with Crippen LogP contribution in [0.25, 0.3) is 0 Å². The van der Waals surface area contributed by atoms with Gasteiger partial charge in [-0.2, -0.15) is 4.31 Å². The molecule has 1 N–H and O–H groups in total. The first kappa shape index (κ1) is 15.9. The van der Waals surface area contributed by atoms with E-state index >= 15 is 0 Å². The molecule has 8 heteroatoms. The van der Waals surface area contributed by atoms with Crippen molar-refractivity contribution in [3.05, 3.63) is 29.8 Å². The summed E-state index contributed by atoms with van der Waals surface area (Å²) in [5.41, 5.74) is 1.07. The van der Waals surface area contributed by atoms with Crippen molar-refractivity contribution in [2.24, 2.45) is 0 Å². The van der Waals surface area contributed by atoms with Crippen LogP contribution < -0.4 is 5.32 Å². The Balaban J connectivity index is 1.77. The molecule has 2 fully saturated rings. The Hall–Kier alpha value is -1.93. The molecule has 0 aromatic heterocycles. The van der Waals surface area contributed by atoms with Crippen LogP contribution in [0.5, 0.6) is 0 Å². The second-order valence-electron chi connectivity index (χ2n) is 5.73. The van der Waals surface area contributed by atoms with Crippen LogP contribution in [0.3, 0.4) is 0 Å². The molecule has 0 saturated carbocycles. The molecular weight excluding hydrogens is 318 g/mol. The van der Waals surface area contributed by atoms with Crippen molar-refractivity contribution in [3.63, 3.8) is 0 Å². The van der Waals surface area contributed by atoms with Crippen LogP contribution in [-0.2, 0) is 21.2 Å². The molecule has 23 heavy (non-hydrogen) atoms. The fourth-order valence-electron chi connectivity index (χ4n) is 2.99. The van der Waals surface area contributed by atoms with Crippen molar-refractivity contribution in [2.45, 2.75) is 30.7 Å². The fourth-order valence-corrected chi connectivity index (χ4v) is 4.48. The lowest BCUT2D eigenvalue weighted by Crippen LogP contribution is -2.42. The van der Waals surface area contributed by atoms with Crippen molar-refractivity contribution < 1.29 is 18.0 Å². The molecule has 2 saturated heterocycles. The minimum atomic E-state index is -3.60. The molecule has 7 nitrogen and oxygen atoms in total. The summed E-state index contributed by atoms with van der Waals surface area (Å²) < 4.78 is 26.7. The van der Waals surface area contributed by atoms with Gasteiger partial charge in [0.2, 0.25) is 15.9 Å². The zero-order chi connectivity index (χ0) is 16.6. The van der Waals surface area contributed by atoms with Crippen molar-refractivity contribution in [1.82, 2.24) is 14.5 Å². The Kier molecular flexibility index (Phi) is 4.11. The number of sulfonamides is 1. The van der Waals surface area contributed by atoms with Gasteiger partial charge in [0.1, 0.15) is 0 Å². The number of nitrogens with zero attached hydrogens (tertiary/aromatic N) is 2. The molecule has 3 rings (SSSR count). The third-order valence-corrected chi connectivity index (χ3v) is 6.22. The zero-order valence-electron chi connectivity index (χ0n) is 12.9. The van der Waals surface area contributed by atoms with E-state index in [9.17, 15) is 18.0 Å². The van der Waals surface area contributed by atoms with Gasteiger partial charge in [0.15, 0.2) is 0 Å². The van der Waals surface area contributed by atoms with Crippen LogP contribution in [0, 0.1) is 0 Å². The summed E-state index contributed by atoms with van der Waals surface area (Å²) in [5, 5.41) is 2.46. The first-order valence-electron chi connectivity index (χ1n) is 7.62. The van der Waals surface area contributed by atoms with Gasteiger partial charge in [0.25, 0.3) is 0 Å². The normalized spacial score (nSPS) is 22.7. The lowest BCUT2D eigenvalue weighted by atomic mass is 10.2. The molecule has 2 aliphatic heterocycles. The average molecular weight is 337 g/mol. The van der Waals surface area contributed by atoms with E-state index in [0.717, 1.165) is 16.9 Å². The molecule has 2 heterocycles. The highest BCUT2D eigenvalue weighted by atomic mass is 32.2. The topological polar surface area (TPSA) is 86.8 Å². The van der Waals surface area contributed by atoms with E-state index in [1.54, 1.807) is 24.3 Å². The number of carbonyl (C=O) groups excluding carboxylic acids is 2. The molecule has 3 amide bonds. The highest BCUT2D eigenvalue weighted by molar-refractivity contribution is 7.89. The third kappa shape index (κ3) is 2.84. The minimum absolute atomic E-state index is 0.0133. The van der Waals surface area contributed by atoms with Crippen LogP contribution in [0.2, 0.25) is 0 Å². The molecule has 124 valence electrons. The molecular formula is C15H19N3O4S. The van der Waals surface area contributed by atoms with E-state index in [-0.39, 0.29) is 23.9 Å². The van der Waals surface area contributed by atoms with Crippen LogP contribution in [0.1, 0.15) is 18.9 Å². The van der Waals surface area contributed by atoms with Gasteiger partial charge in [-0.1, -0.05) is 19.1 Å². The summed E-state index contributed by atoms with van der Waals surface area (Å²) in [7, 11) is -3.60. The molecule has 2 aliphatic rings. The number of aryl methyl sites for hydroxylation is 1. The Morgan fingerprint density at radius 1 is 1.22 bits per heavy atom. The highest BCUT2D eigenvalue weighted by Gasteiger charge is 2.41. The second-order valence-corrected chi connectivity index (χ2v) is 7.66. The maximum atomic E-state index is 12.7. The van der Waals surface area contributed by atoms with Crippen molar-refractivity contribution in [2.75, 3.05) is 19.6 Å². The van der Waals surface area contributed by atoms with Gasteiger partial charge in [-0.3, -0.25) is 9.69 Å². The van der Waals surface area contributed by atoms with E-state index in [1.165, 1.54) is 4.31 Å². The number of rotatable bonds is 4. The summed E-state index contributed by atoms with van der Waals surface area (Å²) in [5.74, 6) is -0.299. The average Bonchev–Trinajstić information content (AvgIpc) is 3.14. The Morgan fingerprint density at radius 3 is 2.48 bits per heavy atom. The number of benzene rings is 1. The number of amides is 3. The largest absolute Gasteiger partial charge is 0.329 e. The number of hydrogen-bond acceptors (Lipinski definition) is 4. The lowest BCUT2D eigenvalue weighted by molar-refractivity contribution is -0.126. The molecule has 0 aliphatic carbocycles. The zero-order valence-corrected chi connectivity index (χ0v) is 13.7. The molecule has 0 radical (unpaired) electrons. The van der Waals surface area contributed by atoms with Crippen LogP contribution >= 0.6 is 0 Å². The standard InChI is InChI=1S/C15H19N3O4S/c1-2-11-3-5-13(6-4-11)23(21,22)17-8-7-12(10-17)18-14(19)9-16-15(18)20/h3-6,12H,2,7-10H2,1H3,(H,16,20). The highest BCUT2D eigenvalue weighted by Crippen LogP contribution is 2.25. The smallest absolute Gasteiger partial charge is 0.324 e. The summed E-state index contributed by atoms with van der Waals surface area (Å²) in [6.07, 6.45) is 1.31. The molecule has 1 aromatic rings. The molecule has 0 spiro atoms. The number of urea groups is 1. The predicted octanol–water partition coefficient (Wildman–Crippen LogP) is 0.564. The first-order valence-corrected chi connectivity index (χ1v) is 9.06. The second kappa shape index (κ2) is 5.93. The molecule has 1 aromatic carbocycles. The Morgan fingerprint density at radius 2 is 1.91 bits per heavy atom. The van der Waals surface area contributed by atoms with Crippen molar-refractivity contribution in [3.8, 4) is 0 Å².